The van der Waals surface area contributed by atoms with Crippen LogP contribution in [0.3, 0.4) is 0 Å². The van der Waals surface area contributed by atoms with Crippen LogP contribution in [0, 0.1) is 0 Å². The number of aromatic amines is 1. The van der Waals surface area contributed by atoms with E-state index in [2.05, 4.69) is 15.5 Å². The van der Waals surface area contributed by atoms with E-state index in [9.17, 15) is 8.42 Å². The van der Waals surface area contributed by atoms with Gasteiger partial charge in [0.1, 0.15) is 0 Å². The smallest absolute Gasteiger partial charge is 0.260 e. The Hall–Kier alpha value is -1.18. The van der Waals surface area contributed by atoms with E-state index in [0.717, 1.165) is 13.0 Å². The van der Waals surface area contributed by atoms with Gasteiger partial charge in [0.25, 0.3) is 10.0 Å². The average Bonchev–Trinajstić information content (AvgIpc) is 2.86. The maximum Gasteiger partial charge on any atom is 0.260 e. The highest BCUT2D eigenvalue weighted by Crippen LogP contribution is 2.21. The molecule has 1 aliphatic rings. The van der Waals surface area contributed by atoms with Crippen LogP contribution in [-0.4, -0.2) is 42.6 Å². The lowest BCUT2D eigenvalue weighted by atomic mass is 10.1. The molecule has 19 heavy (non-hydrogen) atoms. The van der Waals surface area contributed by atoms with E-state index in [-0.39, 0.29) is 5.03 Å². The van der Waals surface area contributed by atoms with Gasteiger partial charge in [-0.15, -0.1) is 0 Å². The zero-order valence-corrected chi connectivity index (χ0v) is 12.1. The van der Waals surface area contributed by atoms with E-state index < -0.39 is 10.0 Å². The lowest BCUT2D eigenvalue weighted by molar-refractivity contribution is 0.428. The van der Waals surface area contributed by atoms with Gasteiger partial charge in [0.15, 0.2) is 5.03 Å². The van der Waals surface area contributed by atoms with Crippen molar-refractivity contribution >= 4 is 10.0 Å². The molecule has 0 spiro atoms. The van der Waals surface area contributed by atoms with Gasteiger partial charge < -0.3 is 5.32 Å². The Labute approximate surface area is 113 Å². The van der Waals surface area contributed by atoms with Gasteiger partial charge in [-0.2, -0.15) is 9.40 Å². The first-order valence-corrected chi connectivity index (χ1v) is 7.88. The molecule has 7 heteroatoms. The fraction of sp³-hybridized carbons (Fsp3) is 0.583. The summed E-state index contributed by atoms with van der Waals surface area (Å²) in [7, 11) is -3.47. The molecule has 0 atom stereocenters. The number of nitrogens with one attached hydrogen (secondary N) is 2. The number of rotatable bonds is 5. The molecule has 0 saturated heterocycles. The SMILES string of the molecule is CCNCc1cn[nH]c1S(=O)(=O)N1CC=C(C)CC1. The van der Waals surface area contributed by atoms with E-state index in [4.69, 9.17) is 0 Å². The Morgan fingerprint density at radius 3 is 2.95 bits per heavy atom. The van der Waals surface area contributed by atoms with Crippen LogP contribution in [0.1, 0.15) is 25.8 Å². The molecule has 1 aromatic rings. The third kappa shape index (κ3) is 3.05. The average molecular weight is 284 g/mol. The lowest BCUT2D eigenvalue weighted by Crippen LogP contribution is -2.35. The van der Waals surface area contributed by atoms with E-state index in [1.165, 1.54) is 9.88 Å². The summed E-state index contributed by atoms with van der Waals surface area (Å²) in [6.07, 6.45) is 4.32. The largest absolute Gasteiger partial charge is 0.313 e. The quantitative estimate of drug-likeness (QED) is 0.786. The van der Waals surface area contributed by atoms with Crippen molar-refractivity contribution in [2.45, 2.75) is 31.8 Å². The molecule has 1 aromatic heterocycles. The molecule has 0 radical (unpaired) electrons. The second kappa shape index (κ2) is 5.85. The summed E-state index contributed by atoms with van der Waals surface area (Å²) < 4.78 is 26.6. The van der Waals surface area contributed by atoms with Gasteiger partial charge >= 0.3 is 0 Å². The molecular formula is C12H20N4O2S. The van der Waals surface area contributed by atoms with Crippen LogP contribution in [0.2, 0.25) is 0 Å². The minimum Gasteiger partial charge on any atom is -0.313 e. The highest BCUT2D eigenvalue weighted by atomic mass is 32.2. The first kappa shape index (κ1) is 14.2. The number of nitrogens with zero attached hydrogens (tertiary/aromatic N) is 2. The van der Waals surface area contributed by atoms with Crippen molar-refractivity contribution in [3.63, 3.8) is 0 Å². The molecule has 0 bridgehead atoms. The molecule has 2 heterocycles. The van der Waals surface area contributed by atoms with Crippen LogP contribution in [0.15, 0.2) is 22.9 Å². The normalized spacial score (nSPS) is 17.5. The summed E-state index contributed by atoms with van der Waals surface area (Å²) in [6, 6.07) is 0. The topological polar surface area (TPSA) is 78.1 Å². The van der Waals surface area contributed by atoms with Gasteiger partial charge in [0.05, 0.1) is 6.20 Å². The zero-order valence-electron chi connectivity index (χ0n) is 11.3. The highest BCUT2D eigenvalue weighted by molar-refractivity contribution is 7.89. The Morgan fingerprint density at radius 2 is 2.32 bits per heavy atom. The first-order valence-electron chi connectivity index (χ1n) is 6.44. The van der Waals surface area contributed by atoms with Crippen molar-refractivity contribution in [1.82, 2.24) is 19.8 Å². The van der Waals surface area contributed by atoms with Crippen LogP contribution in [-0.2, 0) is 16.6 Å². The highest BCUT2D eigenvalue weighted by Gasteiger charge is 2.29. The minimum absolute atomic E-state index is 0.210. The van der Waals surface area contributed by atoms with Crippen molar-refractivity contribution < 1.29 is 8.42 Å². The van der Waals surface area contributed by atoms with E-state index in [1.807, 2.05) is 19.9 Å². The van der Waals surface area contributed by atoms with Crippen molar-refractivity contribution in [1.29, 1.82) is 0 Å². The predicted molar refractivity (Wildman–Crippen MR) is 73.1 cm³/mol. The van der Waals surface area contributed by atoms with Crippen molar-refractivity contribution in [2.75, 3.05) is 19.6 Å². The number of hydrogen-bond donors (Lipinski definition) is 2. The molecule has 0 amide bonds. The fourth-order valence-electron chi connectivity index (χ4n) is 2.01. The van der Waals surface area contributed by atoms with Crippen LogP contribution in [0.25, 0.3) is 0 Å². The lowest BCUT2D eigenvalue weighted by Gasteiger charge is -2.24. The van der Waals surface area contributed by atoms with Crippen molar-refractivity contribution in [2.24, 2.45) is 0 Å². The molecule has 0 aromatic carbocycles. The van der Waals surface area contributed by atoms with Crippen LogP contribution >= 0.6 is 0 Å². The zero-order chi connectivity index (χ0) is 13.9. The fourth-order valence-corrected chi connectivity index (χ4v) is 3.49. The monoisotopic (exact) mass is 284 g/mol. The second-order valence-electron chi connectivity index (χ2n) is 4.67. The number of aromatic nitrogens is 2. The Kier molecular flexibility index (Phi) is 4.38. The Balaban J connectivity index is 2.22. The standard InChI is InChI=1S/C12H20N4O2S/c1-3-13-8-11-9-14-15-12(11)19(17,18)16-6-4-10(2)5-7-16/h4,9,13H,3,5-8H2,1-2H3,(H,14,15). The molecule has 0 aliphatic carbocycles. The maximum absolute atomic E-state index is 12.5. The van der Waals surface area contributed by atoms with Gasteiger partial charge in [-0.1, -0.05) is 18.6 Å². The molecule has 2 N–H and O–H groups in total. The summed E-state index contributed by atoms with van der Waals surface area (Å²) in [5, 5.41) is 9.82. The van der Waals surface area contributed by atoms with Gasteiger partial charge in [0.2, 0.25) is 0 Å². The second-order valence-corrected chi connectivity index (χ2v) is 6.54. The van der Waals surface area contributed by atoms with Crippen LogP contribution < -0.4 is 5.32 Å². The van der Waals surface area contributed by atoms with Crippen LogP contribution in [0.4, 0.5) is 0 Å². The van der Waals surface area contributed by atoms with E-state index in [1.54, 1.807) is 6.20 Å². The van der Waals surface area contributed by atoms with Gasteiger partial charge in [-0.3, -0.25) is 5.10 Å². The summed E-state index contributed by atoms with van der Waals surface area (Å²) in [6.45, 7) is 6.27. The Bertz CT molecular complexity index is 562. The molecule has 0 fully saturated rings. The summed E-state index contributed by atoms with van der Waals surface area (Å²) in [5.74, 6) is 0. The molecule has 106 valence electrons. The van der Waals surface area contributed by atoms with Gasteiger partial charge in [-0.05, 0) is 19.9 Å². The molecule has 6 nitrogen and oxygen atoms in total. The van der Waals surface area contributed by atoms with Gasteiger partial charge in [-0.25, -0.2) is 8.42 Å². The number of sulfonamides is 1. The molecule has 1 aliphatic heterocycles. The Morgan fingerprint density at radius 1 is 1.53 bits per heavy atom. The summed E-state index contributed by atoms with van der Waals surface area (Å²) >= 11 is 0. The third-order valence-corrected chi connectivity index (χ3v) is 5.12. The van der Waals surface area contributed by atoms with E-state index >= 15 is 0 Å². The van der Waals surface area contributed by atoms with Gasteiger partial charge in [0, 0.05) is 25.2 Å². The first-order chi connectivity index (χ1) is 9.05. The molecule has 2 rings (SSSR count). The summed E-state index contributed by atoms with van der Waals surface area (Å²) in [4.78, 5) is 0. The van der Waals surface area contributed by atoms with Crippen LogP contribution in [0.5, 0.6) is 0 Å². The van der Waals surface area contributed by atoms with E-state index in [0.29, 0.717) is 25.2 Å². The number of H-pyrrole nitrogens is 1. The number of hydrogen-bond acceptors (Lipinski definition) is 4. The minimum atomic E-state index is -3.47. The third-order valence-electron chi connectivity index (χ3n) is 3.24. The maximum atomic E-state index is 12.5. The predicted octanol–water partition coefficient (Wildman–Crippen LogP) is 0.860. The van der Waals surface area contributed by atoms with Crippen molar-refractivity contribution in [3.8, 4) is 0 Å². The van der Waals surface area contributed by atoms with Crippen molar-refractivity contribution in [3.05, 3.63) is 23.4 Å². The molecule has 0 unspecified atom stereocenters. The molecule has 0 saturated carbocycles. The molecular weight excluding hydrogens is 264 g/mol. The summed E-state index contributed by atoms with van der Waals surface area (Å²) in [5.41, 5.74) is 1.93.